The number of nitrogens with two attached hydrogens (primary N) is 1. The minimum atomic E-state index is -0.143. The van der Waals surface area contributed by atoms with E-state index in [-0.39, 0.29) is 29.8 Å². The second kappa shape index (κ2) is 6.86. The van der Waals surface area contributed by atoms with E-state index in [2.05, 4.69) is 5.32 Å². The number of amides is 1. The van der Waals surface area contributed by atoms with Gasteiger partial charge in [-0.3, -0.25) is 4.79 Å². The predicted molar refractivity (Wildman–Crippen MR) is 99.3 cm³/mol. The van der Waals surface area contributed by atoms with Crippen molar-refractivity contribution in [2.24, 2.45) is 23.5 Å². The molecule has 0 radical (unpaired) electrons. The number of carbonyl (C=O) groups excluding carboxylic acids is 1. The molecule has 2 unspecified atom stereocenters. The molecule has 2 atom stereocenters. The molecule has 24 heavy (non-hydrogen) atoms. The molecule has 2 bridgehead atoms. The van der Waals surface area contributed by atoms with E-state index >= 15 is 0 Å². The lowest BCUT2D eigenvalue weighted by atomic mass is 9.65. The van der Waals surface area contributed by atoms with E-state index < -0.39 is 0 Å². The highest BCUT2D eigenvalue weighted by Gasteiger charge is 2.48. The quantitative estimate of drug-likeness (QED) is 0.846. The molecular weight excluding hydrogens is 343 g/mol. The summed E-state index contributed by atoms with van der Waals surface area (Å²) in [6.45, 7) is 0. The summed E-state index contributed by atoms with van der Waals surface area (Å²) in [5.74, 6) is 1.48. The van der Waals surface area contributed by atoms with Crippen LogP contribution in [0.5, 0.6) is 0 Å². The number of fused-ring (bicyclic) bond motifs is 2. The van der Waals surface area contributed by atoms with Crippen LogP contribution in [0.3, 0.4) is 0 Å². The zero-order valence-corrected chi connectivity index (χ0v) is 15.4. The fourth-order valence-electron chi connectivity index (χ4n) is 4.72. The Morgan fingerprint density at radius 2 is 1.71 bits per heavy atom. The summed E-state index contributed by atoms with van der Waals surface area (Å²) in [5.41, 5.74) is 7.39. The molecule has 3 nitrogen and oxygen atoms in total. The first-order valence-electron chi connectivity index (χ1n) is 8.91. The van der Waals surface area contributed by atoms with Crippen LogP contribution in [-0.4, -0.2) is 11.9 Å². The van der Waals surface area contributed by atoms with E-state index in [1.807, 2.05) is 24.3 Å². The number of carbonyl (C=O) groups is 1. The highest BCUT2D eigenvalue weighted by Crippen LogP contribution is 2.47. The fraction of sp³-hybridized carbons (Fsp3) is 0.632. The summed E-state index contributed by atoms with van der Waals surface area (Å²) in [6.07, 6.45) is 7.68. The van der Waals surface area contributed by atoms with Crippen LogP contribution < -0.4 is 11.1 Å². The third-order valence-corrected chi connectivity index (χ3v) is 6.55. The van der Waals surface area contributed by atoms with Gasteiger partial charge in [0.2, 0.25) is 5.91 Å². The van der Waals surface area contributed by atoms with Crippen LogP contribution in [0.25, 0.3) is 0 Å². The predicted octanol–water partition coefficient (Wildman–Crippen LogP) is 4.02. The first kappa shape index (κ1) is 18.0. The number of benzene rings is 1. The van der Waals surface area contributed by atoms with Crippen molar-refractivity contribution in [3.63, 3.8) is 0 Å². The Labute approximate surface area is 155 Å². The summed E-state index contributed by atoms with van der Waals surface area (Å²) in [7, 11) is 0. The van der Waals surface area contributed by atoms with Crippen molar-refractivity contribution in [3.8, 4) is 0 Å². The van der Waals surface area contributed by atoms with Gasteiger partial charge in [-0.1, -0.05) is 30.2 Å². The molecule has 0 saturated heterocycles. The third-order valence-electron chi connectivity index (χ3n) is 6.29. The van der Waals surface area contributed by atoms with Crippen LogP contribution in [-0.2, 0) is 10.3 Å². The molecule has 132 valence electrons. The molecule has 3 aliphatic carbocycles. The van der Waals surface area contributed by atoms with Crippen molar-refractivity contribution in [1.29, 1.82) is 0 Å². The average molecular weight is 369 g/mol. The lowest BCUT2D eigenvalue weighted by Crippen LogP contribution is -2.50. The molecule has 1 aromatic rings. The van der Waals surface area contributed by atoms with Gasteiger partial charge in [0, 0.05) is 17.0 Å². The van der Waals surface area contributed by atoms with E-state index in [4.69, 9.17) is 17.3 Å². The molecule has 1 aromatic carbocycles. The number of rotatable bonds is 3. The SMILES string of the molecule is Cl.NC1C2CCCC1CC(C(=O)NC1(c3ccc(Cl)cc3)CC1)C2. The Morgan fingerprint density at radius 3 is 2.25 bits per heavy atom. The van der Waals surface area contributed by atoms with Gasteiger partial charge < -0.3 is 11.1 Å². The topological polar surface area (TPSA) is 55.1 Å². The number of halogens is 2. The molecule has 0 heterocycles. The van der Waals surface area contributed by atoms with Gasteiger partial charge in [-0.2, -0.15) is 0 Å². The lowest BCUT2D eigenvalue weighted by Gasteiger charge is -2.43. The van der Waals surface area contributed by atoms with Crippen molar-refractivity contribution >= 4 is 29.9 Å². The van der Waals surface area contributed by atoms with Crippen LogP contribution >= 0.6 is 24.0 Å². The largest absolute Gasteiger partial charge is 0.346 e. The molecule has 1 amide bonds. The van der Waals surface area contributed by atoms with Crippen molar-refractivity contribution in [1.82, 2.24) is 5.32 Å². The summed E-state index contributed by atoms with van der Waals surface area (Å²) in [5, 5.41) is 4.09. The molecule has 4 rings (SSSR count). The number of hydrogen-bond donors (Lipinski definition) is 2. The van der Waals surface area contributed by atoms with Crippen molar-refractivity contribution in [3.05, 3.63) is 34.9 Å². The summed E-state index contributed by atoms with van der Waals surface area (Å²) in [4.78, 5) is 12.9. The maximum absolute atomic E-state index is 12.9. The second-order valence-electron chi connectivity index (χ2n) is 7.77. The van der Waals surface area contributed by atoms with E-state index in [0.29, 0.717) is 17.9 Å². The smallest absolute Gasteiger partial charge is 0.223 e. The van der Waals surface area contributed by atoms with Crippen LogP contribution in [0.1, 0.15) is 50.5 Å². The lowest BCUT2D eigenvalue weighted by molar-refractivity contribution is -0.129. The monoisotopic (exact) mass is 368 g/mol. The van der Waals surface area contributed by atoms with E-state index in [1.165, 1.54) is 24.8 Å². The minimum absolute atomic E-state index is 0. The van der Waals surface area contributed by atoms with Crippen molar-refractivity contribution < 1.29 is 4.79 Å². The van der Waals surface area contributed by atoms with Crippen LogP contribution in [0.2, 0.25) is 5.02 Å². The standard InChI is InChI=1S/C19H25ClN2O.ClH/c20-16-6-4-15(5-7-16)19(8-9-19)22-18(23)14-10-12-2-1-3-13(11-14)17(12)21;/h4-7,12-14,17H,1-3,8-11,21H2,(H,22,23);1H. The zero-order chi connectivity index (χ0) is 16.0. The van der Waals surface area contributed by atoms with Gasteiger partial charge in [-0.05, 0) is 68.1 Å². The molecular formula is C19H26Cl2N2O. The van der Waals surface area contributed by atoms with E-state index in [1.54, 1.807) is 0 Å². The Bertz CT molecular complexity index is 586. The van der Waals surface area contributed by atoms with Crippen LogP contribution in [0.4, 0.5) is 0 Å². The van der Waals surface area contributed by atoms with Gasteiger partial charge in [-0.15, -0.1) is 12.4 Å². The van der Waals surface area contributed by atoms with E-state index in [0.717, 1.165) is 30.7 Å². The maximum Gasteiger partial charge on any atom is 0.223 e. The third kappa shape index (κ3) is 3.31. The van der Waals surface area contributed by atoms with Crippen LogP contribution in [0, 0.1) is 17.8 Å². The molecule has 3 saturated carbocycles. The molecule has 3 fully saturated rings. The van der Waals surface area contributed by atoms with Crippen molar-refractivity contribution in [2.75, 3.05) is 0 Å². The highest BCUT2D eigenvalue weighted by molar-refractivity contribution is 6.30. The Hall–Kier alpha value is -0.770. The average Bonchev–Trinajstić information content (AvgIpc) is 3.28. The van der Waals surface area contributed by atoms with Gasteiger partial charge >= 0.3 is 0 Å². The zero-order valence-electron chi connectivity index (χ0n) is 13.8. The molecule has 3 N–H and O–H groups in total. The molecule has 5 heteroatoms. The second-order valence-corrected chi connectivity index (χ2v) is 8.21. The Morgan fingerprint density at radius 1 is 1.12 bits per heavy atom. The summed E-state index contributed by atoms with van der Waals surface area (Å²) < 4.78 is 0. The summed E-state index contributed by atoms with van der Waals surface area (Å²) in [6, 6.07) is 8.22. The minimum Gasteiger partial charge on any atom is -0.346 e. The first-order valence-corrected chi connectivity index (χ1v) is 9.29. The number of hydrogen-bond acceptors (Lipinski definition) is 2. The number of nitrogens with one attached hydrogen (secondary N) is 1. The molecule has 0 aliphatic heterocycles. The fourth-order valence-corrected chi connectivity index (χ4v) is 4.85. The summed E-state index contributed by atoms with van der Waals surface area (Å²) >= 11 is 5.98. The first-order chi connectivity index (χ1) is 11.1. The normalized spacial score (nSPS) is 33.2. The van der Waals surface area contributed by atoms with Gasteiger partial charge in [0.15, 0.2) is 0 Å². The highest BCUT2D eigenvalue weighted by atomic mass is 35.5. The maximum atomic E-state index is 12.9. The molecule has 3 aliphatic rings. The van der Waals surface area contributed by atoms with E-state index in [9.17, 15) is 4.79 Å². The Balaban J connectivity index is 0.00000169. The molecule has 0 aromatic heterocycles. The van der Waals surface area contributed by atoms with Gasteiger partial charge in [0.05, 0.1) is 5.54 Å². The van der Waals surface area contributed by atoms with Crippen LogP contribution in [0.15, 0.2) is 24.3 Å². The molecule has 0 spiro atoms. The van der Waals surface area contributed by atoms with Crippen molar-refractivity contribution in [2.45, 2.75) is 56.5 Å². The van der Waals surface area contributed by atoms with Gasteiger partial charge in [-0.25, -0.2) is 0 Å². The Kier molecular flexibility index (Phi) is 5.15. The van der Waals surface area contributed by atoms with Gasteiger partial charge in [0.1, 0.15) is 0 Å². The van der Waals surface area contributed by atoms with Gasteiger partial charge in [0.25, 0.3) is 0 Å².